The van der Waals surface area contributed by atoms with Gasteiger partial charge < -0.3 is 5.32 Å². The number of hydrogen-bond acceptors (Lipinski definition) is 3. The molecule has 0 saturated heterocycles. The van der Waals surface area contributed by atoms with Gasteiger partial charge in [-0.05, 0) is 93.2 Å². The second kappa shape index (κ2) is 9.80. The highest BCUT2D eigenvalue weighted by Gasteiger charge is 2.25. The molecule has 0 radical (unpaired) electrons. The summed E-state index contributed by atoms with van der Waals surface area (Å²) in [5.74, 6) is 0. The van der Waals surface area contributed by atoms with E-state index in [4.69, 9.17) is 9.98 Å². The lowest BCUT2D eigenvalue weighted by atomic mass is 9.87. The second-order valence-electron chi connectivity index (χ2n) is 9.29. The van der Waals surface area contributed by atoms with Crippen molar-refractivity contribution in [2.75, 3.05) is 0 Å². The molecule has 0 atom stereocenters. The van der Waals surface area contributed by atoms with Gasteiger partial charge in [0.25, 0.3) is 0 Å². The van der Waals surface area contributed by atoms with Crippen LogP contribution >= 0.6 is 0 Å². The van der Waals surface area contributed by atoms with Gasteiger partial charge in [0.15, 0.2) is 0 Å². The van der Waals surface area contributed by atoms with E-state index in [2.05, 4.69) is 57.3 Å². The standard InChI is InChI=1S/C28H37N3/c1-5-8-24(9-6-2)30-27-17-23(18-29-20(27)4)26-16-22(13-12-19(26)3)28(21-10-7-11-21)31-25-14-15-25/h12-13,16-18,25,31H,5-11,14-15H2,1-4H3. The molecule has 0 spiro atoms. The fraction of sp³-hybridized carbons (Fsp3) is 0.500. The molecule has 31 heavy (non-hydrogen) atoms. The molecule has 2 saturated carbocycles. The fourth-order valence-electron chi connectivity index (χ4n) is 4.28. The van der Waals surface area contributed by atoms with Crippen molar-refractivity contribution in [2.24, 2.45) is 4.99 Å². The van der Waals surface area contributed by atoms with Crippen LogP contribution in [0.15, 0.2) is 41.0 Å². The highest BCUT2D eigenvalue weighted by atomic mass is 15.0. The first-order valence-electron chi connectivity index (χ1n) is 12.2. The summed E-state index contributed by atoms with van der Waals surface area (Å²) in [5.41, 5.74) is 11.4. The zero-order valence-corrected chi connectivity index (χ0v) is 19.7. The van der Waals surface area contributed by atoms with Crippen LogP contribution in [0.1, 0.15) is 88.5 Å². The summed E-state index contributed by atoms with van der Waals surface area (Å²) in [6.07, 6.45) is 12.8. The summed E-state index contributed by atoms with van der Waals surface area (Å²) in [6.45, 7) is 8.73. The third-order valence-corrected chi connectivity index (χ3v) is 6.49. The lowest BCUT2D eigenvalue weighted by molar-refractivity contribution is 0.655. The number of aliphatic imine (C=N–C) groups is 1. The predicted molar refractivity (Wildman–Crippen MR) is 133 cm³/mol. The molecular weight excluding hydrogens is 378 g/mol. The SMILES string of the molecule is CCCC(CCC)=Nc1cc(-c2cc(C(NC3CC3)=C3CCC3)ccc2C)cnc1C. The van der Waals surface area contributed by atoms with E-state index in [-0.39, 0.29) is 0 Å². The fourth-order valence-corrected chi connectivity index (χ4v) is 4.28. The van der Waals surface area contributed by atoms with E-state index < -0.39 is 0 Å². The van der Waals surface area contributed by atoms with Crippen LogP contribution in [-0.2, 0) is 0 Å². The van der Waals surface area contributed by atoms with E-state index in [9.17, 15) is 0 Å². The van der Waals surface area contributed by atoms with Crippen LogP contribution in [0.4, 0.5) is 5.69 Å². The first kappa shape index (κ1) is 21.8. The zero-order valence-electron chi connectivity index (χ0n) is 19.7. The smallest absolute Gasteiger partial charge is 0.0847 e. The number of hydrogen-bond donors (Lipinski definition) is 1. The molecule has 0 amide bonds. The van der Waals surface area contributed by atoms with Gasteiger partial charge in [0.05, 0.1) is 11.4 Å². The third-order valence-electron chi connectivity index (χ3n) is 6.49. The number of aromatic nitrogens is 1. The van der Waals surface area contributed by atoms with E-state index >= 15 is 0 Å². The average molecular weight is 416 g/mol. The van der Waals surface area contributed by atoms with E-state index in [1.165, 1.54) is 65.8 Å². The number of rotatable bonds is 9. The minimum absolute atomic E-state index is 0.672. The Balaban J connectivity index is 1.71. The predicted octanol–water partition coefficient (Wildman–Crippen LogP) is 7.69. The van der Waals surface area contributed by atoms with Crippen LogP contribution in [0.2, 0.25) is 0 Å². The molecule has 2 aromatic rings. The minimum atomic E-state index is 0.672. The number of aryl methyl sites for hydroxylation is 2. The summed E-state index contributed by atoms with van der Waals surface area (Å²) in [7, 11) is 0. The second-order valence-corrected chi connectivity index (χ2v) is 9.29. The Morgan fingerprint density at radius 1 is 1.06 bits per heavy atom. The van der Waals surface area contributed by atoms with Gasteiger partial charge in [-0.1, -0.05) is 38.8 Å². The molecule has 2 aliphatic carbocycles. The molecule has 164 valence electrons. The molecule has 0 bridgehead atoms. The Labute approximate surface area is 188 Å². The highest BCUT2D eigenvalue weighted by Crippen LogP contribution is 2.37. The monoisotopic (exact) mass is 415 g/mol. The number of nitrogens with zero attached hydrogens (tertiary/aromatic N) is 2. The summed E-state index contributed by atoms with van der Waals surface area (Å²) >= 11 is 0. The maximum absolute atomic E-state index is 5.04. The molecule has 2 aliphatic rings. The van der Waals surface area contributed by atoms with Crippen molar-refractivity contribution in [1.29, 1.82) is 0 Å². The summed E-state index contributed by atoms with van der Waals surface area (Å²) in [6, 6.07) is 9.83. The average Bonchev–Trinajstić information content (AvgIpc) is 3.53. The number of allylic oxidation sites excluding steroid dienone is 1. The Bertz CT molecular complexity index is 981. The molecule has 0 aliphatic heterocycles. The molecule has 1 N–H and O–H groups in total. The maximum Gasteiger partial charge on any atom is 0.0847 e. The number of pyridine rings is 1. The van der Waals surface area contributed by atoms with E-state index in [1.807, 2.05) is 6.20 Å². The molecule has 3 heteroatoms. The molecule has 0 unspecified atom stereocenters. The summed E-state index contributed by atoms with van der Waals surface area (Å²) in [4.78, 5) is 9.77. The number of nitrogens with one attached hydrogen (secondary N) is 1. The summed E-state index contributed by atoms with van der Waals surface area (Å²) in [5, 5.41) is 3.82. The van der Waals surface area contributed by atoms with Crippen LogP contribution in [-0.4, -0.2) is 16.7 Å². The van der Waals surface area contributed by atoms with E-state index in [0.717, 1.165) is 37.1 Å². The van der Waals surface area contributed by atoms with Crippen molar-refractivity contribution in [3.63, 3.8) is 0 Å². The normalized spacial score (nSPS) is 15.4. The van der Waals surface area contributed by atoms with Gasteiger partial charge in [0.2, 0.25) is 0 Å². The first-order valence-corrected chi connectivity index (χ1v) is 12.2. The molecule has 2 fully saturated rings. The molecular formula is C28H37N3. The Hall–Kier alpha value is -2.42. The van der Waals surface area contributed by atoms with Crippen LogP contribution < -0.4 is 5.32 Å². The van der Waals surface area contributed by atoms with Gasteiger partial charge in [-0.15, -0.1) is 0 Å². The largest absolute Gasteiger partial charge is 0.382 e. The molecule has 1 heterocycles. The third kappa shape index (κ3) is 5.26. The lowest BCUT2D eigenvalue weighted by Gasteiger charge is -2.24. The van der Waals surface area contributed by atoms with Crippen LogP contribution in [0.5, 0.6) is 0 Å². The van der Waals surface area contributed by atoms with Gasteiger partial charge >= 0.3 is 0 Å². The van der Waals surface area contributed by atoms with Gasteiger partial charge in [-0.25, -0.2) is 0 Å². The Morgan fingerprint density at radius 2 is 1.81 bits per heavy atom. The number of benzene rings is 1. The molecule has 1 aromatic carbocycles. The zero-order chi connectivity index (χ0) is 21.8. The molecule has 4 rings (SSSR count). The van der Waals surface area contributed by atoms with Crippen molar-refractivity contribution < 1.29 is 0 Å². The van der Waals surface area contributed by atoms with Gasteiger partial charge in [-0.3, -0.25) is 9.98 Å². The van der Waals surface area contributed by atoms with Crippen molar-refractivity contribution in [1.82, 2.24) is 10.3 Å². The summed E-state index contributed by atoms with van der Waals surface area (Å²) < 4.78 is 0. The van der Waals surface area contributed by atoms with E-state index in [1.54, 1.807) is 5.57 Å². The van der Waals surface area contributed by atoms with Crippen molar-refractivity contribution in [3.8, 4) is 11.1 Å². The quantitative estimate of drug-likeness (QED) is 0.426. The van der Waals surface area contributed by atoms with Gasteiger partial charge in [0.1, 0.15) is 0 Å². The van der Waals surface area contributed by atoms with E-state index in [0.29, 0.717) is 6.04 Å². The maximum atomic E-state index is 5.04. The minimum Gasteiger partial charge on any atom is -0.382 e. The first-order chi connectivity index (χ1) is 15.1. The highest BCUT2D eigenvalue weighted by molar-refractivity contribution is 5.87. The Morgan fingerprint density at radius 3 is 2.42 bits per heavy atom. The van der Waals surface area contributed by atoms with Crippen LogP contribution in [0, 0.1) is 13.8 Å². The Kier molecular flexibility index (Phi) is 6.89. The molecule has 1 aromatic heterocycles. The van der Waals surface area contributed by atoms with Gasteiger partial charge in [0, 0.05) is 29.2 Å². The van der Waals surface area contributed by atoms with Crippen LogP contribution in [0.3, 0.4) is 0 Å². The van der Waals surface area contributed by atoms with Crippen molar-refractivity contribution >= 4 is 17.1 Å². The van der Waals surface area contributed by atoms with Crippen LogP contribution in [0.25, 0.3) is 16.8 Å². The lowest BCUT2D eigenvalue weighted by Crippen LogP contribution is -2.19. The topological polar surface area (TPSA) is 37.3 Å². The molecule has 3 nitrogen and oxygen atoms in total. The van der Waals surface area contributed by atoms with Gasteiger partial charge in [-0.2, -0.15) is 0 Å². The van der Waals surface area contributed by atoms with Crippen molar-refractivity contribution in [3.05, 3.63) is 52.9 Å². The van der Waals surface area contributed by atoms with Crippen molar-refractivity contribution in [2.45, 2.75) is 91.5 Å².